The first-order valence-electron chi connectivity index (χ1n) is 8.06. The highest BCUT2D eigenvalue weighted by Crippen LogP contribution is 2.31. The van der Waals surface area contributed by atoms with E-state index in [-0.39, 0.29) is 11.7 Å². The average molecular weight is 404 g/mol. The highest BCUT2D eigenvalue weighted by atomic mass is 35.5. The minimum absolute atomic E-state index is 0.0249. The lowest BCUT2D eigenvalue weighted by Gasteiger charge is -2.39. The lowest BCUT2D eigenvalue weighted by Crippen LogP contribution is -2.52. The molecule has 0 saturated carbocycles. The summed E-state index contributed by atoms with van der Waals surface area (Å²) < 4.78 is 45.5. The SMILES string of the molecule is CC(C)(C)OC(=O)N1CC(n2cc(-c3cc(C(F)(F)F)nc(Cl)n3)cn2)C1. The third-order valence-electron chi connectivity index (χ3n) is 3.77. The second-order valence-corrected chi connectivity index (χ2v) is 7.49. The van der Waals surface area contributed by atoms with E-state index in [1.807, 2.05) is 0 Å². The Labute approximate surface area is 158 Å². The van der Waals surface area contributed by atoms with Crippen molar-refractivity contribution in [2.45, 2.75) is 38.6 Å². The third kappa shape index (κ3) is 4.49. The Morgan fingerprint density at radius 3 is 2.52 bits per heavy atom. The summed E-state index contributed by atoms with van der Waals surface area (Å²) in [5.74, 6) is 0. The van der Waals surface area contributed by atoms with Crippen LogP contribution in [-0.4, -0.2) is 49.4 Å². The molecule has 0 radical (unpaired) electrons. The first kappa shape index (κ1) is 19.4. The van der Waals surface area contributed by atoms with E-state index in [0.717, 1.165) is 6.07 Å². The van der Waals surface area contributed by atoms with Crippen LogP contribution < -0.4 is 0 Å². The molecule has 27 heavy (non-hydrogen) atoms. The van der Waals surface area contributed by atoms with Gasteiger partial charge in [-0.25, -0.2) is 14.8 Å². The molecule has 0 unspecified atom stereocenters. The van der Waals surface area contributed by atoms with E-state index in [9.17, 15) is 18.0 Å². The minimum atomic E-state index is -4.63. The summed E-state index contributed by atoms with van der Waals surface area (Å²) in [4.78, 5) is 20.5. The number of amides is 1. The molecule has 1 saturated heterocycles. The van der Waals surface area contributed by atoms with Gasteiger partial charge in [0.1, 0.15) is 11.3 Å². The van der Waals surface area contributed by atoms with Crippen LogP contribution in [0.25, 0.3) is 11.3 Å². The van der Waals surface area contributed by atoms with Crippen LogP contribution in [0.4, 0.5) is 18.0 Å². The molecule has 0 aromatic carbocycles. The van der Waals surface area contributed by atoms with Crippen molar-refractivity contribution in [3.63, 3.8) is 0 Å². The molecule has 1 aliphatic rings. The summed E-state index contributed by atoms with van der Waals surface area (Å²) in [6.45, 7) is 6.14. The monoisotopic (exact) mass is 403 g/mol. The zero-order valence-corrected chi connectivity index (χ0v) is 15.5. The first-order chi connectivity index (χ1) is 12.4. The highest BCUT2D eigenvalue weighted by molar-refractivity contribution is 6.28. The van der Waals surface area contributed by atoms with E-state index in [1.165, 1.54) is 11.1 Å². The Bertz CT molecular complexity index is 856. The van der Waals surface area contributed by atoms with Crippen molar-refractivity contribution < 1.29 is 22.7 Å². The largest absolute Gasteiger partial charge is 0.444 e. The quantitative estimate of drug-likeness (QED) is 0.713. The third-order valence-corrected chi connectivity index (χ3v) is 3.94. The van der Waals surface area contributed by atoms with Gasteiger partial charge in [0.15, 0.2) is 0 Å². The number of hydrogen-bond acceptors (Lipinski definition) is 5. The van der Waals surface area contributed by atoms with Crippen molar-refractivity contribution in [3.8, 4) is 11.3 Å². The second-order valence-electron chi connectivity index (χ2n) is 7.15. The van der Waals surface area contributed by atoms with Crippen LogP contribution in [0.15, 0.2) is 18.5 Å². The van der Waals surface area contributed by atoms with Crippen LogP contribution in [0.3, 0.4) is 0 Å². The zero-order valence-electron chi connectivity index (χ0n) is 14.8. The maximum Gasteiger partial charge on any atom is 0.433 e. The van der Waals surface area contributed by atoms with Crippen LogP contribution >= 0.6 is 11.6 Å². The normalized spacial score (nSPS) is 15.6. The molecule has 1 aliphatic heterocycles. The molecule has 7 nitrogen and oxygen atoms in total. The maximum atomic E-state index is 12.9. The molecule has 3 heterocycles. The number of ether oxygens (including phenoxy) is 1. The summed E-state index contributed by atoms with van der Waals surface area (Å²) in [7, 11) is 0. The number of hydrogen-bond donors (Lipinski definition) is 0. The Balaban J connectivity index is 1.70. The Morgan fingerprint density at radius 1 is 1.26 bits per heavy atom. The minimum Gasteiger partial charge on any atom is -0.444 e. The Kier molecular flexibility index (Phi) is 4.79. The second kappa shape index (κ2) is 6.66. The average Bonchev–Trinajstić information content (AvgIpc) is 2.91. The topological polar surface area (TPSA) is 73.1 Å². The maximum absolute atomic E-state index is 12.9. The van der Waals surface area contributed by atoms with E-state index in [0.29, 0.717) is 18.7 Å². The van der Waals surface area contributed by atoms with E-state index < -0.39 is 28.8 Å². The predicted molar refractivity (Wildman–Crippen MR) is 90.1 cm³/mol. The number of nitrogens with zero attached hydrogens (tertiary/aromatic N) is 5. The fourth-order valence-electron chi connectivity index (χ4n) is 2.48. The van der Waals surface area contributed by atoms with Crippen LogP contribution in [-0.2, 0) is 10.9 Å². The van der Waals surface area contributed by atoms with E-state index in [2.05, 4.69) is 15.1 Å². The van der Waals surface area contributed by atoms with Crippen molar-refractivity contribution in [3.05, 3.63) is 29.4 Å². The van der Waals surface area contributed by atoms with Crippen LogP contribution in [0.1, 0.15) is 32.5 Å². The molecule has 146 valence electrons. The van der Waals surface area contributed by atoms with Gasteiger partial charge in [-0.2, -0.15) is 18.3 Å². The van der Waals surface area contributed by atoms with Crippen LogP contribution in [0, 0.1) is 0 Å². The van der Waals surface area contributed by atoms with Crippen LogP contribution in [0.5, 0.6) is 0 Å². The van der Waals surface area contributed by atoms with Gasteiger partial charge < -0.3 is 9.64 Å². The molecule has 0 atom stereocenters. The summed E-state index contributed by atoms with van der Waals surface area (Å²) in [6.07, 6.45) is -2.08. The molecule has 2 aromatic rings. The number of carbonyl (C=O) groups is 1. The molecule has 1 amide bonds. The molecule has 3 rings (SSSR count). The van der Waals surface area contributed by atoms with Gasteiger partial charge in [-0.05, 0) is 38.4 Å². The molecule has 0 bridgehead atoms. The Morgan fingerprint density at radius 2 is 1.93 bits per heavy atom. The standard InChI is InChI=1S/C16H17ClF3N5O2/c1-15(2,3)27-14(26)24-7-10(8-24)25-6-9(5-21-25)11-4-12(16(18,19)20)23-13(17)22-11/h4-6,10H,7-8H2,1-3H3. The fraction of sp³-hybridized carbons (Fsp3) is 0.500. The molecule has 2 aromatic heterocycles. The molecular weight excluding hydrogens is 387 g/mol. The number of rotatable bonds is 2. The van der Waals surface area contributed by atoms with Crippen molar-refractivity contribution in [2.75, 3.05) is 13.1 Å². The number of carbonyl (C=O) groups excluding carboxylic acids is 1. The van der Waals surface area contributed by atoms with E-state index in [1.54, 1.807) is 31.6 Å². The highest BCUT2D eigenvalue weighted by Gasteiger charge is 2.36. The smallest absolute Gasteiger partial charge is 0.433 e. The van der Waals surface area contributed by atoms with Gasteiger partial charge in [-0.15, -0.1) is 0 Å². The van der Waals surface area contributed by atoms with Gasteiger partial charge >= 0.3 is 12.3 Å². The summed E-state index contributed by atoms with van der Waals surface area (Å²) in [5, 5.41) is 3.66. The summed E-state index contributed by atoms with van der Waals surface area (Å²) in [6, 6.07) is 0.728. The van der Waals surface area contributed by atoms with Gasteiger partial charge in [0, 0.05) is 24.8 Å². The summed E-state index contributed by atoms with van der Waals surface area (Å²) in [5.41, 5.74) is -1.30. The molecule has 0 aliphatic carbocycles. The summed E-state index contributed by atoms with van der Waals surface area (Å²) >= 11 is 5.61. The predicted octanol–water partition coefficient (Wildman–Crippen LogP) is 3.80. The molecule has 0 spiro atoms. The number of alkyl halides is 3. The molecular formula is C16H17ClF3N5O2. The van der Waals surface area contributed by atoms with E-state index >= 15 is 0 Å². The van der Waals surface area contributed by atoms with Gasteiger partial charge in [-0.3, -0.25) is 4.68 Å². The lowest BCUT2D eigenvalue weighted by atomic mass is 10.1. The van der Waals surface area contributed by atoms with Crippen molar-refractivity contribution in [1.29, 1.82) is 0 Å². The Hall–Kier alpha value is -2.36. The van der Waals surface area contributed by atoms with Gasteiger partial charge in [0.25, 0.3) is 0 Å². The van der Waals surface area contributed by atoms with E-state index in [4.69, 9.17) is 16.3 Å². The van der Waals surface area contributed by atoms with Gasteiger partial charge in [0.05, 0.1) is 17.9 Å². The fourth-order valence-corrected chi connectivity index (χ4v) is 2.66. The van der Waals surface area contributed by atoms with Gasteiger partial charge in [-0.1, -0.05) is 0 Å². The zero-order chi connectivity index (χ0) is 20.0. The van der Waals surface area contributed by atoms with Crippen molar-refractivity contribution in [1.82, 2.24) is 24.6 Å². The number of halogens is 4. The van der Waals surface area contributed by atoms with Crippen LogP contribution in [0.2, 0.25) is 5.28 Å². The molecule has 11 heteroatoms. The van der Waals surface area contributed by atoms with Crippen molar-refractivity contribution in [2.24, 2.45) is 0 Å². The molecule has 0 N–H and O–H groups in total. The first-order valence-corrected chi connectivity index (χ1v) is 8.44. The van der Waals surface area contributed by atoms with Crippen molar-refractivity contribution >= 4 is 17.7 Å². The lowest BCUT2D eigenvalue weighted by molar-refractivity contribution is -0.141. The molecule has 1 fully saturated rings. The van der Waals surface area contributed by atoms with Gasteiger partial charge in [0.2, 0.25) is 5.28 Å². The number of aromatic nitrogens is 4. The number of likely N-dealkylation sites (tertiary alicyclic amines) is 1.